The lowest BCUT2D eigenvalue weighted by Crippen LogP contribution is -2.52. The maximum atomic E-state index is 13.0. The lowest BCUT2D eigenvalue weighted by atomic mass is 10.0. The molecule has 0 aliphatic rings. The Bertz CT molecular complexity index is 1060. The summed E-state index contributed by atoms with van der Waals surface area (Å²) in [6.07, 6.45) is 1.09. The number of hydrogen-bond donors (Lipinski definition) is 2. The van der Waals surface area contributed by atoms with Crippen LogP contribution in [0.3, 0.4) is 0 Å². The van der Waals surface area contributed by atoms with Crippen molar-refractivity contribution in [1.82, 2.24) is 15.5 Å². The molecule has 0 heterocycles. The molecule has 3 aromatic rings. The highest BCUT2D eigenvalue weighted by Gasteiger charge is 2.25. The minimum Gasteiger partial charge on any atom is -0.353 e. The van der Waals surface area contributed by atoms with Crippen molar-refractivity contribution in [3.8, 4) is 0 Å². The van der Waals surface area contributed by atoms with E-state index in [2.05, 4.69) is 33.7 Å². The topological polar surface area (TPSA) is 61.4 Å². The van der Waals surface area contributed by atoms with Gasteiger partial charge >= 0.3 is 0 Å². The maximum absolute atomic E-state index is 13.0. The van der Waals surface area contributed by atoms with E-state index in [9.17, 15) is 9.59 Å². The van der Waals surface area contributed by atoms with Crippen LogP contribution in [-0.2, 0) is 22.4 Å². The molecule has 0 aliphatic carbocycles. The normalized spacial score (nSPS) is 13.2. The number of likely N-dealkylation sites (N-methyl/N-ethyl adjacent to an activating group) is 1. The summed E-state index contributed by atoms with van der Waals surface area (Å²) in [6, 6.07) is 24.0. The molecule has 3 aromatic carbocycles. The van der Waals surface area contributed by atoms with Gasteiger partial charge in [-0.3, -0.25) is 9.59 Å². The van der Waals surface area contributed by atoms with Gasteiger partial charge in [-0.15, -0.1) is 0 Å². The predicted molar refractivity (Wildman–Crippen MR) is 135 cm³/mol. The molecule has 2 N–H and O–H groups in total. The number of carbonyl (C=O) groups excluding carboxylic acids is 2. The van der Waals surface area contributed by atoms with Crippen molar-refractivity contribution in [1.29, 1.82) is 0 Å². The summed E-state index contributed by atoms with van der Waals surface area (Å²) in [6.45, 7) is 4.42. The largest absolute Gasteiger partial charge is 0.353 e. The van der Waals surface area contributed by atoms with Crippen LogP contribution in [0.25, 0.3) is 10.8 Å². The van der Waals surface area contributed by atoms with E-state index in [-0.39, 0.29) is 30.2 Å². The van der Waals surface area contributed by atoms with Gasteiger partial charge in [0.15, 0.2) is 0 Å². The van der Waals surface area contributed by atoms with E-state index in [1.54, 1.807) is 0 Å². The Morgan fingerprint density at radius 3 is 2.18 bits per heavy atom. The van der Waals surface area contributed by atoms with Crippen LogP contribution in [0.4, 0.5) is 0 Å². The molecule has 0 radical (unpaired) electrons. The van der Waals surface area contributed by atoms with E-state index in [0.29, 0.717) is 6.54 Å². The van der Waals surface area contributed by atoms with Gasteiger partial charge in [-0.2, -0.15) is 0 Å². The average Bonchev–Trinajstić information content (AvgIpc) is 2.80. The van der Waals surface area contributed by atoms with Gasteiger partial charge in [-0.1, -0.05) is 86.6 Å². The van der Waals surface area contributed by atoms with Gasteiger partial charge in [-0.05, 0) is 48.3 Å². The van der Waals surface area contributed by atoms with Gasteiger partial charge in [0.2, 0.25) is 11.8 Å². The van der Waals surface area contributed by atoms with Crippen LogP contribution in [0.1, 0.15) is 25.0 Å². The summed E-state index contributed by atoms with van der Waals surface area (Å²) in [5.41, 5.74) is 2.17. The van der Waals surface area contributed by atoms with Crippen molar-refractivity contribution in [2.45, 2.75) is 38.8 Å². The Kier molecular flexibility index (Phi) is 8.61. The highest BCUT2D eigenvalue weighted by molar-refractivity contribution is 5.89. The molecule has 5 nitrogen and oxygen atoms in total. The van der Waals surface area contributed by atoms with Crippen LogP contribution in [0.2, 0.25) is 0 Å². The van der Waals surface area contributed by atoms with Crippen molar-refractivity contribution in [2.75, 3.05) is 20.6 Å². The molecule has 0 saturated heterocycles. The van der Waals surface area contributed by atoms with Gasteiger partial charge in [0.1, 0.15) is 6.04 Å². The number of carbonyl (C=O) groups is 2. The Morgan fingerprint density at radius 2 is 1.52 bits per heavy atom. The number of benzene rings is 3. The molecular weight excluding hydrogens is 410 g/mol. The van der Waals surface area contributed by atoms with E-state index in [1.165, 1.54) is 5.56 Å². The Labute approximate surface area is 197 Å². The van der Waals surface area contributed by atoms with Gasteiger partial charge in [0.25, 0.3) is 0 Å². The molecule has 174 valence electrons. The zero-order valence-electron chi connectivity index (χ0n) is 20.0. The van der Waals surface area contributed by atoms with Gasteiger partial charge in [-0.25, -0.2) is 0 Å². The number of amides is 2. The summed E-state index contributed by atoms with van der Waals surface area (Å²) >= 11 is 0. The third kappa shape index (κ3) is 7.16. The number of hydrogen-bond acceptors (Lipinski definition) is 3. The van der Waals surface area contributed by atoms with Crippen LogP contribution in [0.5, 0.6) is 0 Å². The lowest BCUT2D eigenvalue weighted by Gasteiger charge is -2.27. The maximum Gasteiger partial charge on any atom is 0.242 e. The van der Waals surface area contributed by atoms with Crippen LogP contribution in [0, 0.1) is 5.92 Å². The zero-order valence-corrected chi connectivity index (χ0v) is 20.0. The standard InChI is InChI=1S/C28H35N3O2/c1-20(2)27(28(33)29-19-25(31(3)4)17-21-10-6-5-7-11-21)30-26(32)18-22-14-15-23-12-8-9-13-24(23)16-22/h5-16,20,25,27H,17-19H2,1-4H3,(H,29,33)(H,30,32). The smallest absolute Gasteiger partial charge is 0.242 e. The fraction of sp³-hybridized carbons (Fsp3) is 0.357. The second-order valence-corrected chi connectivity index (χ2v) is 9.20. The Balaban J connectivity index is 1.58. The summed E-state index contributed by atoms with van der Waals surface area (Å²) in [5, 5.41) is 8.27. The van der Waals surface area contributed by atoms with E-state index < -0.39 is 6.04 Å². The average molecular weight is 446 g/mol. The third-order valence-electron chi connectivity index (χ3n) is 6.00. The molecule has 0 fully saturated rings. The van der Waals surface area contributed by atoms with Crippen molar-refractivity contribution < 1.29 is 9.59 Å². The molecule has 3 rings (SSSR count). The first-order valence-electron chi connectivity index (χ1n) is 11.6. The minimum atomic E-state index is -0.572. The summed E-state index contributed by atoms with van der Waals surface area (Å²) in [5.74, 6) is -0.304. The molecule has 0 aromatic heterocycles. The van der Waals surface area contributed by atoms with Crippen LogP contribution < -0.4 is 10.6 Å². The van der Waals surface area contributed by atoms with Gasteiger partial charge in [0, 0.05) is 12.6 Å². The molecule has 5 heteroatoms. The highest BCUT2D eigenvalue weighted by atomic mass is 16.2. The number of nitrogens with zero attached hydrogens (tertiary/aromatic N) is 1. The molecule has 0 saturated carbocycles. The van der Waals surface area contributed by atoms with Crippen LogP contribution in [0.15, 0.2) is 72.8 Å². The fourth-order valence-corrected chi connectivity index (χ4v) is 3.95. The quantitative estimate of drug-likeness (QED) is 0.499. The highest BCUT2D eigenvalue weighted by Crippen LogP contribution is 2.16. The molecule has 0 bridgehead atoms. The van der Waals surface area contributed by atoms with Crippen molar-refractivity contribution >= 4 is 22.6 Å². The van der Waals surface area contributed by atoms with Crippen molar-refractivity contribution in [2.24, 2.45) is 5.92 Å². The van der Waals surface area contributed by atoms with E-state index in [1.807, 2.05) is 82.5 Å². The lowest BCUT2D eigenvalue weighted by molar-refractivity contribution is -0.129. The third-order valence-corrected chi connectivity index (χ3v) is 6.00. The van der Waals surface area contributed by atoms with E-state index in [4.69, 9.17) is 0 Å². The second-order valence-electron chi connectivity index (χ2n) is 9.20. The SMILES string of the molecule is CC(C)C(NC(=O)Cc1ccc2ccccc2c1)C(=O)NCC(Cc1ccccc1)N(C)C. The summed E-state index contributed by atoms with van der Waals surface area (Å²) < 4.78 is 0. The minimum absolute atomic E-state index is 0.0162. The molecular formula is C28H35N3O2. The second kappa shape index (κ2) is 11.6. The first-order chi connectivity index (χ1) is 15.8. The number of fused-ring (bicyclic) bond motifs is 1. The van der Waals surface area contributed by atoms with Gasteiger partial charge in [0.05, 0.1) is 6.42 Å². The van der Waals surface area contributed by atoms with Crippen molar-refractivity contribution in [3.63, 3.8) is 0 Å². The molecule has 2 unspecified atom stereocenters. The first kappa shape index (κ1) is 24.5. The molecule has 2 atom stereocenters. The monoisotopic (exact) mass is 445 g/mol. The molecule has 0 aliphatic heterocycles. The molecule has 2 amide bonds. The van der Waals surface area contributed by atoms with Crippen LogP contribution in [-0.4, -0.2) is 49.4 Å². The number of rotatable bonds is 10. The van der Waals surface area contributed by atoms with E-state index >= 15 is 0 Å². The molecule has 0 spiro atoms. The summed E-state index contributed by atoms with van der Waals surface area (Å²) in [4.78, 5) is 27.9. The van der Waals surface area contributed by atoms with Crippen molar-refractivity contribution in [3.05, 3.63) is 83.9 Å². The van der Waals surface area contributed by atoms with E-state index in [0.717, 1.165) is 22.8 Å². The fourth-order valence-electron chi connectivity index (χ4n) is 3.95. The Hall–Kier alpha value is -3.18. The molecule has 33 heavy (non-hydrogen) atoms. The zero-order chi connectivity index (χ0) is 23.8. The predicted octanol–water partition coefficient (Wildman–Crippen LogP) is 3.81. The Morgan fingerprint density at radius 1 is 0.848 bits per heavy atom. The van der Waals surface area contributed by atoms with Crippen LogP contribution >= 0.6 is 0 Å². The summed E-state index contributed by atoms with van der Waals surface area (Å²) in [7, 11) is 4.04. The first-order valence-corrected chi connectivity index (χ1v) is 11.6. The number of nitrogens with one attached hydrogen (secondary N) is 2. The van der Waals surface area contributed by atoms with Gasteiger partial charge < -0.3 is 15.5 Å².